The molecule has 14 nitrogen and oxygen atoms in total. The number of halogens is 1. The number of nitrogens with zero attached hydrogens (tertiary/aromatic N) is 3. The Morgan fingerprint density at radius 2 is 1.85 bits per heavy atom. The topological polar surface area (TPSA) is 161 Å². The van der Waals surface area contributed by atoms with E-state index in [9.17, 15) is 19.2 Å². The van der Waals surface area contributed by atoms with Crippen molar-refractivity contribution in [2.24, 2.45) is 17.8 Å². The molecule has 8 rings (SSSR count). The number of amides is 3. The lowest BCUT2D eigenvalue weighted by Gasteiger charge is -2.29. The van der Waals surface area contributed by atoms with Gasteiger partial charge in [0.1, 0.15) is 58.8 Å². The summed E-state index contributed by atoms with van der Waals surface area (Å²) in [6.45, 7) is 9.92. The highest BCUT2D eigenvalue weighted by Gasteiger charge is 2.59. The molecule has 1 aromatic heterocycles. The Kier molecular flexibility index (Phi) is 12.6. The number of fused-ring (bicyclic) bond motifs is 4. The van der Waals surface area contributed by atoms with Crippen LogP contribution in [0.15, 0.2) is 30.4 Å². The van der Waals surface area contributed by atoms with Gasteiger partial charge >= 0.3 is 6.09 Å². The molecule has 3 aliphatic carbocycles. The van der Waals surface area contributed by atoms with E-state index in [1.807, 2.05) is 38.1 Å². The summed E-state index contributed by atoms with van der Waals surface area (Å²) in [5.74, 6) is 1.81. The fraction of sp³-hybridized carbons (Fsp3) is 0.659. The average Bonchev–Trinajstić information content (AvgIpc) is 4.00. The van der Waals surface area contributed by atoms with Gasteiger partial charge in [0.2, 0.25) is 11.8 Å². The Morgan fingerprint density at radius 3 is 2.61 bits per heavy atom. The number of rotatable bonds is 11. The van der Waals surface area contributed by atoms with Crippen molar-refractivity contribution in [3.8, 4) is 11.5 Å². The summed E-state index contributed by atoms with van der Waals surface area (Å²) in [6.07, 6.45) is 10.1. The number of anilines is 1. The average molecular weight is 835 g/mol. The predicted octanol–water partition coefficient (Wildman–Crippen LogP) is 5.65. The summed E-state index contributed by atoms with van der Waals surface area (Å²) < 4.78 is 24.2. The van der Waals surface area contributed by atoms with E-state index in [2.05, 4.69) is 26.9 Å². The van der Waals surface area contributed by atoms with E-state index >= 15 is 0 Å². The van der Waals surface area contributed by atoms with Crippen molar-refractivity contribution in [2.75, 3.05) is 51.3 Å². The minimum atomic E-state index is -1.01. The summed E-state index contributed by atoms with van der Waals surface area (Å²) >= 11 is 7.01. The number of Topliss-reactive ketones (excluding diaryl/α,β-unsaturated/α-hetero) is 1. The number of pyridine rings is 1. The fourth-order valence-corrected chi connectivity index (χ4v) is 9.76. The van der Waals surface area contributed by atoms with Crippen LogP contribution in [-0.2, 0) is 23.9 Å². The number of ether oxygens (including phenoxy) is 4. The third-order valence-electron chi connectivity index (χ3n) is 13.0. The summed E-state index contributed by atoms with van der Waals surface area (Å²) in [4.78, 5) is 64.1. The van der Waals surface area contributed by atoms with Gasteiger partial charge in [-0.2, -0.15) is 0 Å². The first kappa shape index (κ1) is 41.6. The number of allylic oxidation sites excluding steroid dienone is 1. The quantitative estimate of drug-likeness (QED) is 0.240. The molecule has 0 bridgehead atoms. The zero-order valence-corrected chi connectivity index (χ0v) is 35.3. The summed E-state index contributed by atoms with van der Waals surface area (Å²) in [5, 5.41) is 10.4. The maximum Gasteiger partial charge on any atom is 0.408 e. The molecule has 2 saturated heterocycles. The highest BCUT2D eigenvalue weighted by Crippen LogP contribution is 2.52. The molecule has 3 aliphatic heterocycles. The lowest BCUT2D eigenvalue weighted by atomic mass is 10.0. The number of hydrogen-bond donors (Lipinski definition) is 3. The molecular formula is C44H59ClN6O8. The minimum absolute atomic E-state index is 0.0534. The van der Waals surface area contributed by atoms with Gasteiger partial charge in [-0.1, -0.05) is 36.6 Å². The third kappa shape index (κ3) is 9.60. The van der Waals surface area contributed by atoms with Crippen molar-refractivity contribution in [2.45, 2.75) is 121 Å². The Labute approximate surface area is 351 Å². The van der Waals surface area contributed by atoms with Gasteiger partial charge in [0.15, 0.2) is 5.78 Å². The number of morpholine rings is 1. The molecule has 3 saturated carbocycles. The highest BCUT2D eigenvalue weighted by atomic mass is 35.5. The van der Waals surface area contributed by atoms with E-state index in [1.54, 1.807) is 0 Å². The first-order chi connectivity index (χ1) is 28.5. The largest absolute Gasteiger partial charge is 0.491 e. The van der Waals surface area contributed by atoms with Gasteiger partial charge in [-0.05, 0) is 89.7 Å². The second kappa shape index (κ2) is 17.8. The Balaban J connectivity index is 1.05. The van der Waals surface area contributed by atoms with Gasteiger partial charge in [0, 0.05) is 49.5 Å². The number of ketones is 1. The lowest BCUT2D eigenvalue weighted by molar-refractivity contribution is -0.141. The van der Waals surface area contributed by atoms with Crippen LogP contribution in [-0.4, -0.2) is 120 Å². The van der Waals surface area contributed by atoms with Crippen LogP contribution in [0, 0.1) is 17.8 Å². The molecule has 1 aromatic carbocycles. The number of aromatic nitrogens is 1. The monoisotopic (exact) mass is 834 g/mol. The van der Waals surface area contributed by atoms with Crippen molar-refractivity contribution < 1.29 is 38.1 Å². The fourth-order valence-electron chi connectivity index (χ4n) is 9.50. The van der Waals surface area contributed by atoms with Crippen molar-refractivity contribution in [3.63, 3.8) is 0 Å². The molecule has 59 heavy (non-hydrogen) atoms. The maximum absolute atomic E-state index is 14.7. The van der Waals surface area contributed by atoms with Crippen LogP contribution in [0.1, 0.15) is 85.0 Å². The molecule has 320 valence electrons. The molecule has 0 radical (unpaired) electrons. The predicted molar refractivity (Wildman–Crippen MR) is 223 cm³/mol. The Morgan fingerprint density at radius 1 is 1.05 bits per heavy atom. The van der Waals surface area contributed by atoms with Gasteiger partial charge in [0.25, 0.3) is 0 Å². The van der Waals surface area contributed by atoms with Crippen LogP contribution in [0.3, 0.4) is 0 Å². The van der Waals surface area contributed by atoms with Gasteiger partial charge in [-0.3, -0.25) is 19.3 Å². The van der Waals surface area contributed by atoms with Crippen LogP contribution >= 0.6 is 11.6 Å². The van der Waals surface area contributed by atoms with Crippen LogP contribution < -0.4 is 25.4 Å². The van der Waals surface area contributed by atoms with E-state index in [1.165, 1.54) is 18.2 Å². The van der Waals surface area contributed by atoms with Gasteiger partial charge < -0.3 is 39.8 Å². The van der Waals surface area contributed by atoms with Gasteiger partial charge in [0.05, 0.1) is 25.3 Å². The second-order valence-electron chi connectivity index (χ2n) is 17.7. The summed E-state index contributed by atoms with van der Waals surface area (Å²) in [5.41, 5.74) is -0.515. The van der Waals surface area contributed by atoms with Crippen LogP contribution in [0.4, 0.5) is 10.6 Å². The van der Waals surface area contributed by atoms with Crippen molar-refractivity contribution in [1.29, 1.82) is 0 Å². The second-order valence-corrected chi connectivity index (χ2v) is 18.1. The zero-order chi connectivity index (χ0) is 41.3. The molecule has 3 amide bonds. The molecule has 1 unspecified atom stereocenters. The van der Waals surface area contributed by atoms with E-state index < -0.39 is 35.7 Å². The molecule has 15 heteroatoms. The smallest absolute Gasteiger partial charge is 0.408 e. The Hall–Kier alpha value is -4.14. The number of benzene rings is 1. The van der Waals surface area contributed by atoms with Crippen LogP contribution in [0.2, 0.25) is 5.02 Å². The van der Waals surface area contributed by atoms with Gasteiger partial charge in [-0.15, -0.1) is 0 Å². The normalized spacial score (nSPS) is 31.5. The molecule has 8 atom stereocenters. The first-order valence-electron chi connectivity index (χ1n) is 21.7. The van der Waals surface area contributed by atoms with Gasteiger partial charge in [-0.25, -0.2) is 9.78 Å². The SMILES string of the molecule is CC(=O)[C@@]12C[C@H]1/C=C\CCCCC[C@H](NC(=O)OC1C[C@@H]3C[C@@H]3C1)C(=O)N1C[C@H](Oc3cc(NC(C)C)nc4c(Cl)c(OCCN5CCOCC5)ccc34)C[C@H]1C(=O)N2. The van der Waals surface area contributed by atoms with E-state index in [0.29, 0.717) is 84.2 Å². The maximum atomic E-state index is 14.7. The van der Waals surface area contributed by atoms with Crippen LogP contribution in [0.5, 0.6) is 11.5 Å². The van der Waals surface area contributed by atoms with Crippen molar-refractivity contribution in [1.82, 2.24) is 25.4 Å². The van der Waals surface area contributed by atoms with Crippen molar-refractivity contribution >= 4 is 52.0 Å². The molecule has 4 heterocycles. The first-order valence-corrected chi connectivity index (χ1v) is 22.1. The molecule has 2 aromatic rings. The summed E-state index contributed by atoms with van der Waals surface area (Å²) in [7, 11) is 0. The van der Waals surface area contributed by atoms with E-state index in [4.69, 9.17) is 35.5 Å². The highest BCUT2D eigenvalue weighted by molar-refractivity contribution is 6.36. The molecule has 0 spiro atoms. The van der Waals surface area contributed by atoms with E-state index in [-0.39, 0.29) is 42.7 Å². The van der Waals surface area contributed by atoms with E-state index in [0.717, 1.165) is 51.7 Å². The molecule has 5 fully saturated rings. The number of hydrogen-bond acceptors (Lipinski definition) is 11. The minimum Gasteiger partial charge on any atom is -0.491 e. The van der Waals surface area contributed by atoms with Crippen molar-refractivity contribution in [3.05, 3.63) is 35.4 Å². The number of nitrogens with one attached hydrogen (secondary N) is 3. The number of carbonyl (C=O) groups excluding carboxylic acids is 4. The molecule has 3 N–H and O–H groups in total. The number of alkyl carbamates (subject to hydrolysis) is 1. The Bertz CT molecular complexity index is 1930. The standard InChI is InChI=1S/C44H59ClN6O8/c1-26(2)46-38-23-37(33-11-12-36(39(45)40(33)48-38)57-18-15-50-13-16-56-17-14-50)58-32-22-35-41(53)49-44(27(3)52)24-30(44)9-7-5-4-6-8-10-34(42(54)51(35)25-32)47-43(55)59-31-20-28-19-29(28)21-31/h7,9,11-12,23,26,28-32,34-35H,4-6,8,10,13-22,24-25H2,1-3H3,(H,46,48)(H,47,55)(H,49,53)/b9-7-/t28-,29+,30-,31?,32-,34+,35+,44+/m1/s1. The summed E-state index contributed by atoms with van der Waals surface area (Å²) in [6, 6.07) is 3.71. The third-order valence-corrected chi connectivity index (χ3v) is 13.3. The van der Waals surface area contributed by atoms with Crippen LogP contribution in [0.25, 0.3) is 10.9 Å². The number of carbonyl (C=O) groups is 4. The zero-order valence-electron chi connectivity index (χ0n) is 34.5. The molecule has 6 aliphatic rings. The molecular weight excluding hydrogens is 776 g/mol. The lowest BCUT2D eigenvalue weighted by Crippen LogP contribution is -2.56.